The Labute approximate surface area is 167 Å². The zero-order chi connectivity index (χ0) is 20.1. The number of aromatic nitrogens is 4. The summed E-state index contributed by atoms with van der Waals surface area (Å²) in [6, 6.07) is 11.4. The topological polar surface area (TPSA) is 81.8 Å². The van der Waals surface area contributed by atoms with Gasteiger partial charge in [0.15, 0.2) is 11.0 Å². The lowest BCUT2D eigenvalue weighted by Gasteiger charge is -2.07. The minimum absolute atomic E-state index is 0.106. The fourth-order valence-corrected chi connectivity index (χ4v) is 3.49. The molecule has 0 aliphatic rings. The first-order chi connectivity index (χ1) is 13.5. The second kappa shape index (κ2) is 8.88. The molecule has 1 aromatic carbocycles. The van der Waals surface area contributed by atoms with Crippen LogP contribution in [0.5, 0.6) is 0 Å². The number of nitrogens with one attached hydrogen (secondary N) is 1. The van der Waals surface area contributed by atoms with E-state index < -0.39 is 0 Å². The van der Waals surface area contributed by atoms with Crippen LogP contribution in [0.1, 0.15) is 19.4 Å². The fourth-order valence-electron chi connectivity index (χ4n) is 2.78. The summed E-state index contributed by atoms with van der Waals surface area (Å²) < 4.78 is 3.36. The highest BCUT2D eigenvalue weighted by Gasteiger charge is 2.16. The summed E-state index contributed by atoms with van der Waals surface area (Å²) in [4.78, 5) is 24.7. The maximum atomic E-state index is 12.5. The van der Waals surface area contributed by atoms with Crippen LogP contribution in [0.25, 0.3) is 11.4 Å². The SMILES string of the molecule is CCc1ccc(NC(=O)CSc2nnc(-c3cccn(CC)c3=O)n2C)cc1. The van der Waals surface area contributed by atoms with E-state index in [9.17, 15) is 9.59 Å². The smallest absolute Gasteiger partial charge is 0.261 e. The van der Waals surface area contributed by atoms with E-state index in [1.807, 2.05) is 37.3 Å². The minimum atomic E-state index is -0.119. The quantitative estimate of drug-likeness (QED) is 0.620. The first-order valence-electron chi connectivity index (χ1n) is 9.14. The molecule has 146 valence electrons. The monoisotopic (exact) mass is 397 g/mol. The summed E-state index contributed by atoms with van der Waals surface area (Å²) >= 11 is 1.28. The van der Waals surface area contributed by atoms with Crippen molar-refractivity contribution in [2.75, 3.05) is 11.1 Å². The van der Waals surface area contributed by atoms with E-state index in [1.54, 1.807) is 28.4 Å². The van der Waals surface area contributed by atoms with Gasteiger partial charge in [0.05, 0.1) is 11.3 Å². The molecule has 3 rings (SSSR count). The largest absolute Gasteiger partial charge is 0.325 e. The van der Waals surface area contributed by atoms with Crippen molar-refractivity contribution in [3.05, 3.63) is 58.5 Å². The number of benzene rings is 1. The van der Waals surface area contributed by atoms with Crippen LogP contribution in [-0.4, -0.2) is 31.0 Å². The Hall–Kier alpha value is -2.87. The van der Waals surface area contributed by atoms with E-state index in [1.165, 1.54) is 17.3 Å². The first kappa shape index (κ1) is 19.9. The lowest BCUT2D eigenvalue weighted by molar-refractivity contribution is -0.113. The second-order valence-corrected chi connectivity index (χ2v) is 7.21. The van der Waals surface area contributed by atoms with Gasteiger partial charge in [0.25, 0.3) is 5.56 Å². The van der Waals surface area contributed by atoms with Crippen LogP contribution in [0.15, 0.2) is 52.5 Å². The van der Waals surface area contributed by atoms with Crippen molar-refractivity contribution >= 4 is 23.4 Å². The summed E-state index contributed by atoms with van der Waals surface area (Å²) in [5.74, 6) is 0.577. The molecule has 0 radical (unpaired) electrons. The van der Waals surface area contributed by atoms with Crippen molar-refractivity contribution < 1.29 is 4.79 Å². The van der Waals surface area contributed by atoms with E-state index in [2.05, 4.69) is 22.4 Å². The van der Waals surface area contributed by atoms with Gasteiger partial charge >= 0.3 is 0 Å². The number of nitrogens with zero attached hydrogens (tertiary/aromatic N) is 4. The lowest BCUT2D eigenvalue weighted by atomic mass is 10.1. The van der Waals surface area contributed by atoms with Crippen LogP contribution in [0.4, 0.5) is 5.69 Å². The highest BCUT2D eigenvalue weighted by molar-refractivity contribution is 7.99. The Balaban J connectivity index is 1.67. The normalized spacial score (nSPS) is 10.8. The average Bonchev–Trinajstić information content (AvgIpc) is 3.07. The number of hydrogen-bond acceptors (Lipinski definition) is 5. The molecule has 3 aromatic rings. The van der Waals surface area contributed by atoms with Gasteiger partial charge in [-0.2, -0.15) is 0 Å². The highest BCUT2D eigenvalue weighted by Crippen LogP contribution is 2.21. The number of amides is 1. The Morgan fingerprint density at radius 3 is 2.57 bits per heavy atom. The molecular weight excluding hydrogens is 374 g/mol. The van der Waals surface area contributed by atoms with Crippen molar-refractivity contribution in [3.63, 3.8) is 0 Å². The van der Waals surface area contributed by atoms with E-state index in [0.717, 1.165) is 12.1 Å². The molecule has 0 saturated carbocycles. The molecule has 8 heteroatoms. The van der Waals surface area contributed by atoms with E-state index in [0.29, 0.717) is 23.1 Å². The van der Waals surface area contributed by atoms with E-state index in [-0.39, 0.29) is 17.2 Å². The molecule has 0 unspecified atom stereocenters. The standard InChI is InChI=1S/C20H23N5O2S/c1-4-14-8-10-15(11-9-14)21-17(26)13-28-20-23-22-18(24(20)3)16-7-6-12-25(5-2)19(16)27/h6-12H,4-5,13H2,1-3H3,(H,21,26). The third-order valence-electron chi connectivity index (χ3n) is 4.41. The van der Waals surface area contributed by atoms with Crippen LogP contribution in [0.2, 0.25) is 0 Å². The first-order valence-corrected chi connectivity index (χ1v) is 10.1. The Morgan fingerprint density at radius 1 is 1.14 bits per heavy atom. The van der Waals surface area contributed by atoms with Crippen molar-refractivity contribution in [2.24, 2.45) is 7.05 Å². The predicted molar refractivity (Wildman–Crippen MR) is 112 cm³/mol. The molecule has 0 bridgehead atoms. The molecule has 0 saturated heterocycles. The number of carbonyl (C=O) groups is 1. The van der Waals surface area contributed by atoms with Gasteiger partial charge in [-0.25, -0.2) is 0 Å². The molecule has 1 amide bonds. The molecule has 7 nitrogen and oxygen atoms in total. The molecule has 2 aromatic heterocycles. The van der Waals surface area contributed by atoms with Crippen molar-refractivity contribution in [2.45, 2.75) is 32.0 Å². The van der Waals surface area contributed by atoms with Crippen molar-refractivity contribution in [3.8, 4) is 11.4 Å². The summed E-state index contributed by atoms with van der Waals surface area (Å²) in [6.45, 7) is 4.59. The molecule has 0 atom stereocenters. The van der Waals surface area contributed by atoms with Crippen LogP contribution >= 0.6 is 11.8 Å². The van der Waals surface area contributed by atoms with Crippen LogP contribution in [0.3, 0.4) is 0 Å². The Morgan fingerprint density at radius 2 is 1.89 bits per heavy atom. The van der Waals surface area contributed by atoms with Crippen LogP contribution < -0.4 is 10.9 Å². The number of anilines is 1. The fraction of sp³-hybridized carbons (Fsp3) is 0.300. The number of thioether (sulfide) groups is 1. The lowest BCUT2D eigenvalue weighted by Crippen LogP contribution is -2.20. The highest BCUT2D eigenvalue weighted by atomic mass is 32.2. The van der Waals surface area contributed by atoms with Gasteiger partial charge in [-0.1, -0.05) is 30.8 Å². The molecule has 0 spiro atoms. The number of pyridine rings is 1. The summed E-state index contributed by atoms with van der Waals surface area (Å²) in [5.41, 5.74) is 2.38. The van der Waals surface area contributed by atoms with Crippen molar-refractivity contribution in [1.82, 2.24) is 19.3 Å². The van der Waals surface area contributed by atoms with Gasteiger partial charge in [0.2, 0.25) is 5.91 Å². The Kier molecular flexibility index (Phi) is 6.30. The van der Waals surface area contributed by atoms with Crippen LogP contribution in [0, 0.1) is 0 Å². The zero-order valence-electron chi connectivity index (χ0n) is 16.2. The van der Waals surface area contributed by atoms with Gasteiger partial charge < -0.3 is 14.5 Å². The Bertz CT molecular complexity index is 1020. The third-order valence-corrected chi connectivity index (χ3v) is 5.44. The average molecular weight is 398 g/mol. The van der Waals surface area contributed by atoms with Crippen molar-refractivity contribution in [1.29, 1.82) is 0 Å². The maximum absolute atomic E-state index is 12.5. The molecule has 0 aliphatic heterocycles. The molecular formula is C20H23N5O2S. The van der Waals surface area contributed by atoms with Gasteiger partial charge in [-0.15, -0.1) is 10.2 Å². The maximum Gasteiger partial charge on any atom is 0.261 e. The number of carbonyl (C=O) groups excluding carboxylic acids is 1. The summed E-state index contributed by atoms with van der Waals surface area (Å²) in [7, 11) is 1.79. The number of hydrogen-bond donors (Lipinski definition) is 1. The summed E-state index contributed by atoms with van der Waals surface area (Å²) in [6.07, 6.45) is 2.71. The molecule has 1 N–H and O–H groups in total. The minimum Gasteiger partial charge on any atom is -0.325 e. The summed E-state index contributed by atoms with van der Waals surface area (Å²) in [5, 5.41) is 11.7. The molecule has 28 heavy (non-hydrogen) atoms. The van der Waals surface area contributed by atoms with E-state index in [4.69, 9.17) is 0 Å². The molecule has 2 heterocycles. The van der Waals surface area contributed by atoms with E-state index >= 15 is 0 Å². The predicted octanol–water partition coefficient (Wildman–Crippen LogP) is 2.96. The van der Waals surface area contributed by atoms with Gasteiger partial charge in [0, 0.05) is 25.5 Å². The molecule has 0 aliphatic carbocycles. The second-order valence-electron chi connectivity index (χ2n) is 6.27. The third kappa shape index (κ3) is 4.33. The number of aryl methyl sites for hydroxylation is 2. The molecule has 0 fully saturated rings. The van der Waals surface area contributed by atoms with Gasteiger partial charge in [-0.05, 0) is 43.2 Å². The van der Waals surface area contributed by atoms with Gasteiger partial charge in [0.1, 0.15) is 0 Å². The van der Waals surface area contributed by atoms with Gasteiger partial charge in [-0.3, -0.25) is 9.59 Å². The van der Waals surface area contributed by atoms with Crippen LogP contribution in [-0.2, 0) is 24.8 Å². The number of rotatable bonds is 7. The zero-order valence-corrected chi connectivity index (χ0v) is 17.0.